The van der Waals surface area contributed by atoms with Gasteiger partial charge in [-0.15, -0.1) is 23.7 Å². The number of thiophene rings is 1. The number of halogens is 1. The number of hydrogen-bond acceptors (Lipinski definition) is 3. The van der Waals surface area contributed by atoms with Crippen molar-refractivity contribution in [3.05, 3.63) is 21.9 Å². The average molecular weight is 273 g/mol. The van der Waals surface area contributed by atoms with Gasteiger partial charge in [0.15, 0.2) is 0 Å². The standard InChI is InChI=1S/C13H20N2S.ClH/c1-10-4-7-16-13(10)9-15-6-3-12-11(8-15)2-5-14-12;/h4,7,11-12,14H,2-3,5-6,8-9H2,1H3;1H. The van der Waals surface area contributed by atoms with E-state index in [1.54, 1.807) is 4.88 Å². The molecule has 0 radical (unpaired) electrons. The summed E-state index contributed by atoms with van der Waals surface area (Å²) in [6, 6.07) is 3.06. The number of rotatable bonds is 2. The molecule has 0 amide bonds. The van der Waals surface area contributed by atoms with Gasteiger partial charge in [0, 0.05) is 30.6 Å². The van der Waals surface area contributed by atoms with Crippen molar-refractivity contribution in [1.82, 2.24) is 10.2 Å². The molecule has 3 heterocycles. The SMILES string of the molecule is Cc1ccsc1CN1CCC2NCCC2C1.Cl. The van der Waals surface area contributed by atoms with Gasteiger partial charge in [0.2, 0.25) is 0 Å². The molecule has 96 valence electrons. The van der Waals surface area contributed by atoms with E-state index in [2.05, 4.69) is 28.6 Å². The summed E-state index contributed by atoms with van der Waals surface area (Å²) in [7, 11) is 0. The Morgan fingerprint density at radius 2 is 2.35 bits per heavy atom. The van der Waals surface area contributed by atoms with Gasteiger partial charge in [-0.05, 0) is 49.2 Å². The molecule has 2 saturated heterocycles. The third-order valence-corrected chi connectivity index (χ3v) is 5.08. The van der Waals surface area contributed by atoms with E-state index in [-0.39, 0.29) is 12.4 Å². The molecule has 2 aliphatic rings. The third-order valence-electron chi connectivity index (χ3n) is 4.08. The number of fused-ring (bicyclic) bond motifs is 1. The summed E-state index contributed by atoms with van der Waals surface area (Å²) in [5.41, 5.74) is 1.47. The molecule has 2 unspecified atom stereocenters. The van der Waals surface area contributed by atoms with E-state index in [9.17, 15) is 0 Å². The molecular formula is C13H21ClN2S. The van der Waals surface area contributed by atoms with Crippen LogP contribution in [0.1, 0.15) is 23.3 Å². The predicted octanol–water partition coefficient (Wildman–Crippen LogP) is 2.66. The van der Waals surface area contributed by atoms with Crippen LogP contribution < -0.4 is 5.32 Å². The Balaban J connectivity index is 0.00000108. The number of hydrogen-bond donors (Lipinski definition) is 1. The van der Waals surface area contributed by atoms with Crippen molar-refractivity contribution in [2.45, 2.75) is 32.4 Å². The average Bonchev–Trinajstić information content (AvgIpc) is 2.88. The quantitative estimate of drug-likeness (QED) is 0.891. The zero-order chi connectivity index (χ0) is 11.0. The van der Waals surface area contributed by atoms with Crippen LogP contribution in [0.3, 0.4) is 0 Å². The first kappa shape index (κ1) is 13.3. The maximum absolute atomic E-state index is 3.63. The molecule has 0 saturated carbocycles. The van der Waals surface area contributed by atoms with E-state index in [4.69, 9.17) is 0 Å². The zero-order valence-electron chi connectivity index (χ0n) is 10.3. The maximum atomic E-state index is 3.63. The van der Waals surface area contributed by atoms with Crippen molar-refractivity contribution >= 4 is 23.7 Å². The van der Waals surface area contributed by atoms with Crippen LogP contribution in [-0.4, -0.2) is 30.6 Å². The van der Waals surface area contributed by atoms with Crippen LogP contribution in [0.25, 0.3) is 0 Å². The summed E-state index contributed by atoms with van der Waals surface area (Å²) in [5.74, 6) is 0.911. The number of nitrogens with one attached hydrogen (secondary N) is 1. The fourth-order valence-corrected chi connectivity index (χ4v) is 3.98. The highest BCUT2D eigenvalue weighted by molar-refractivity contribution is 7.10. The molecule has 2 aliphatic heterocycles. The lowest BCUT2D eigenvalue weighted by Gasteiger charge is -2.34. The molecule has 17 heavy (non-hydrogen) atoms. The minimum Gasteiger partial charge on any atom is -0.314 e. The Morgan fingerprint density at radius 1 is 1.47 bits per heavy atom. The van der Waals surface area contributed by atoms with Crippen molar-refractivity contribution in [3.8, 4) is 0 Å². The van der Waals surface area contributed by atoms with E-state index < -0.39 is 0 Å². The molecule has 0 bridgehead atoms. The van der Waals surface area contributed by atoms with Gasteiger partial charge in [-0.25, -0.2) is 0 Å². The van der Waals surface area contributed by atoms with E-state index in [0.717, 1.165) is 12.0 Å². The normalized spacial score (nSPS) is 28.8. The van der Waals surface area contributed by atoms with Crippen LogP contribution in [0.4, 0.5) is 0 Å². The van der Waals surface area contributed by atoms with Gasteiger partial charge in [0.05, 0.1) is 0 Å². The highest BCUT2D eigenvalue weighted by atomic mass is 35.5. The second kappa shape index (κ2) is 5.70. The van der Waals surface area contributed by atoms with Crippen molar-refractivity contribution in [2.24, 2.45) is 5.92 Å². The van der Waals surface area contributed by atoms with Crippen LogP contribution in [0.5, 0.6) is 0 Å². The fraction of sp³-hybridized carbons (Fsp3) is 0.692. The monoisotopic (exact) mass is 272 g/mol. The van der Waals surface area contributed by atoms with E-state index in [1.807, 2.05) is 11.3 Å². The molecule has 1 aromatic heterocycles. The van der Waals surface area contributed by atoms with Crippen molar-refractivity contribution in [3.63, 3.8) is 0 Å². The summed E-state index contributed by atoms with van der Waals surface area (Å²) in [4.78, 5) is 4.21. The molecule has 1 N–H and O–H groups in total. The molecule has 2 nitrogen and oxygen atoms in total. The Labute approximate surface area is 114 Å². The van der Waals surface area contributed by atoms with Crippen LogP contribution in [0.2, 0.25) is 0 Å². The van der Waals surface area contributed by atoms with Gasteiger partial charge in [-0.1, -0.05) is 0 Å². The molecule has 0 aromatic carbocycles. The van der Waals surface area contributed by atoms with E-state index in [0.29, 0.717) is 0 Å². The molecule has 1 aromatic rings. The summed E-state index contributed by atoms with van der Waals surface area (Å²) in [5, 5.41) is 5.84. The number of aryl methyl sites for hydroxylation is 1. The van der Waals surface area contributed by atoms with Gasteiger partial charge in [-0.2, -0.15) is 0 Å². The second-order valence-electron chi connectivity index (χ2n) is 5.16. The smallest absolute Gasteiger partial charge is 0.0330 e. The number of likely N-dealkylation sites (tertiary alicyclic amines) is 1. The molecular weight excluding hydrogens is 252 g/mol. The van der Waals surface area contributed by atoms with Crippen molar-refractivity contribution < 1.29 is 0 Å². The Morgan fingerprint density at radius 3 is 3.12 bits per heavy atom. The summed E-state index contributed by atoms with van der Waals surface area (Å²) in [6.07, 6.45) is 2.72. The predicted molar refractivity (Wildman–Crippen MR) is 76.1 cm³/mol. The zero-order valence-corrected chi connectivity index (χ0v) is 11.9. The maximum Gasteiger partial charge on any atom is 0.0330 e. The van der Waals surface area contributed by atoms with Gasteiger partial charge < -0.3 is 5.32 Å². The van der Waals surface area contributed by atoms with Gasteiger partial charge in [0.1, 0.15) is 0 Å². The summed E-state index contributed by atoms with van der Waals surface area (Å²) >= 11 is 1.91. The van der Waals surface area contributed by atoms with Crippen LogP contribution in [-0.2, 0) is 6.54 Å². The van der Waals surface area contributed by atoms with Crippen molar-refractivity contribution in [2.75, 3.05) is 19.6 Å². The van der Waals surface area contributed by atoms with Crippen LogP contribution in [0.15, 0.2) is 11.4 Å². The molecule has 0 spiro atoms. The lowest BCUT2D eigenvalue weighted by Crippen LogP contribution is -2.43. The lowest BCUT2D eigenvalue weighted by molar-refractivity contribution is 0.157. The van der Waals surface area contributed by atoms with Crippen molar-refractivity contribution in [1.29, 1.82) is 0 Å². The topological polar surface area (TPSA) is 15.3 Å². The second-order valence-corrected chi connectivity index (χ2v) is 6.16. The van der Waals surface area contributed by atoms with Gasteiger partial charge >= 0.3 is 0 Å². The first-order valence-corrected chi connectivity index (χ1v) is 7.19. The Bertz CT molecular complexity index is 366. The number of nitrogens with zero attached hydrogens (tertiary/aromatic N) is 1. The molecule has 4 heteroatoms. The van der Waals surface area contributed by atoms with Crippen LogP contribution >= 0.6 is 23.7 Å². The molecule has 2 atom stereocenters. The van der Waals surface area contributed by atoms with Gasteiger partial charge in [-0.3, -0.25) is 4.90 Å². The minimum atomic E-state index is 0. The Hall–Kier alpha value is -0.0900. The lowest BCUT2D eigenvalue weighted by atomic mass is 9.93. The first-order chi connectivity index (χ1) is 7.83. The fourth-order valence-electron chi connectivity index (χ4n) is 3.04. The largest absolute Gasteiger partial charge is 0.314 e. The first-order valence-electron chi connectivity index (χ1n) is 6.31. The minimum absolute atomic E-state index is 0. The summed E-state index contributed by atoms with van der Waals surface area (Å²) < 4.78 is 0. The van der Waals surface area contributed by atoms with E-state index >= 15 is 0 Å². The molecule has 3 rings (SSSR count). The molecule has 0 aliphatic carbocycles. The van der Waals surface area contributed by atoms with Crippen LogP contribution in [0, 0.1) is 12.8 Å². The highest BCUT2D eigenvalue weighted by Crippen LogP contribution is 2.27. The van der Waals surface area contributed by atoms with E-state index in [1.165, 1.54) is 44.6 Å². The molecule has 2 fully saturated rings. The number of piperidine rings is 1. The van der Waals surface area contributed by atoms with Gasteiger partial charge in [0.25, 0.3) is 0 Å². The third kappa shape index (κ3) is 2.84. The highest BCUT2D eigenvalue weighted by Gasteiger charge is 2.32. The summed E-state index contributed by atoms with van der Waals surface area (Å²) in [6.45, 7) is 7.21. The Kier molecular flexibility index (Phi) is 4.47.